The number of benzene rings is 3. The molecular weight excluding hydrogens is 384 g/mol. The van der Waals surface area contributed by atoms with Crippen LogP contribution in [0, 0.1) is 0 Å². The van der Waals surface area contributed by atoms with Crippen LogP contribution in [0.3, 0.4) is 0 Å². The highest BCUT2D eigenvalue weighted by atomic mass is 16.5. The highest BCUT2D eigenvalue weighted by Gasteiger charge is 2.23. The van der Waals surface area contributed by atoms with Gasteiger partial charge in [-0.3, -0.25) is 0 Å². The van der Waals surface area contributed by atoms with Crippen molar-refractivity contribution in [2.75, 3.05) is 5.73 Å². The zero-order valence-corrected chi connectivity index (χ0v) is 17.9. The molecule has 0 atom stereocenters. The summed E-state index contributed by atoms with van der Waals surface area (Å²) < 4.78 is 11.7. The molecule has 0 heterocycles. The van der Waals surface area contributed by atoms with Gasteiger partial charge in [0.2, 0.25) is 0 Å². The average Bonchev–Trinajstić information content (AvgIpc) is 2.79. The van der Waals surface area contributed by atoms with E-state index in [0.717, 1.165) is 17.2 Å². The van der Waals surface area contributed by atoms with Crippen LogP contribution in [0.5, 0.6) is 17.2 Å². The Kier molecular flexibility index (Phi) is 6.83. The van der Waals surface area contributed by atoms with Crippen molar-refractivity contribution in [2.45, 2.75) is 19.3 Å². The highest BCUT2D eigenvalue weighted by Crippen LogP contribution is 2.34. The molecule has 0 bridgehead atoms. The Morgan fingerprint density at radius 3 is 1.77 bits per heavy atom. The van der Waals surface area contributed by atoms with E-state index in [2.05, 4.69) is 44.7 Å². The number of rotatable bonds is 8. The van der Waals surface area contributed by atoms with Gasteiger partial charge in [0.05, 0.1) is 0 Å². The summed E-state index contributed by atoms with van der Waals surface area (Å²) in [7, 11) is 0. The normalized spacial score (nSPS) is 12.0. The lowest BCUT2D eigenvalue weighted by Crippen LogP contribution is -2.18. The van der Waals surface area contributed by atoms with Crippen molar-refractivity contribution in [1.29, 1.82) is 0 Å². The van der Waals surface area contributed by atoms with Crippen molar-refractivity contribution in [2.24, 2.45) is 5.73 Å². The Balaban J connectivity index is 1.73. The van der Waals surface area contributed by atoms with Crippen LogP contribution in [-0.2, 0) is 5.41 Å². The summed E-state index contributed by atoms with van der Waals surface area (Å²) in [4.78, 5) is 0. The molecule has 3 rings (SSSR count). The number of hydrogen-bond acceptors (Lipinski definition) is 4. The third kappa shape index (κ3) is 5.58. The first-order chi connectivity index (χ1) is 14.9. The maximum Gasteiger partial charge on any atom is 0.127 e. The second-order valence-electron chi connectivity index (χ2n) is 7.60. The second kappa shape index (κ2) is 9.72. The molecule has 0 spiro atoms. The third-order valence-electron chi connectivity index (χ3n) is 5.08. The molecule has 0 fully saturated rings. The van der Waals surface area contributed by atoms with Crippen LogP contribution in [0.4, 0.5) is 5.69 Å². The molecule has 158 valence electrons. The maximum absolute atomic E-state index is 5.90. The molecule has 4 nitrogen and oxygen atoms in total. The van der Waals surface area contributed by atoms with Crippen LogP contribution >= 0.6 is 0 Å². The number of ether oxygens (including phenoxy) is 2. The number of hydrogen-bond donors (Lipinski definition) is 2. The van der Waals surface area contributed by atoms with Gasteiger partial charge in [0, 0.05) is 11.1 Å². The Hall–Kier alpha value is -3.92. The Bertz CT molecular complexity index is 1060. The Morgan fingerprint density at radius 2 is 1.29 bits per heavy atom. The smallest absolute Gasteiger partial charge is 0.127 e. The van der Waals surface area contributed by atoms with E-state index in [4.69, 9.17) is 20.9 Å². The lowest BCUT2D eigenvalue weighted by atomic mass is 9.78. The number of allylic oxidation sites excluding steroid dienone is 3. The SMILES string of the molecule is C=C/C(=C\C=C\N)Oc1ccc(C(C)(C)c2ccc(Oc3ccc(N)cc3)cc2)cc1. The maximum atomic E-state index is 5.90. The largest absolute Gasteiger partial charge is 0.457 e. The van der Waals surface area contributed by atoms with Crippen molar-refractivity contribution in [3.05, 3.63) is 121 Å². The van der Waals surface area contributed by atoms with Crippen molar-refractivity contribution in [3.63, 3.8) is 0 Å². The molecule has 31 heavy (non-hydrogen) atoms. The number of anilines is 1. The molecule has 0 aromatic heterocycles. The monoisotopic (exact) mass is 412 g/mol. The van der Waals surface area contributed by atoms with Crippen molar-refractivity contribution < 1.29 is 9.47 Å². The molecule has 4 heteroatoms. The zero-order valence-electron chi connectivity index (χ0n) is 17.9. The van der Waals surface area contributed by atoms with E-state index in [1.54, 1.807) is 18.2 Å². The van der Waals surface area contributed by atoms with Gasteiger partial charge < -0.3 is 20.9 Å². The first-order valence-corrected chi connectivity index (χ1v) is 10.1. The molecule has 0 saturated heterocycles. The van der Waals surface area contributed by atoms with E-state index in [0.29, 0.717) is 11.4 Å². The quantitative estimate of drug-likeness (QED) is 0.258. The first-order valence-electron chi connectivity index (χ1n) is 10.1. The van der Waals surface area contributed by atoms with Gasteiger partial charge in [0.25, 0.3) is 0 Å². The van der Waals surface area contributed by atoms with Crippen LogP contribution in [0.25, 0.3) is 0 Å². The van der Waals surface area contributed by atoms with E-state index in [1.165, 1.54) is 17.3 Å². The van der Waals surface area contributed by atoms with Crippen LogP contribution in [-0.4, -0.2) is 0 Å². The fourth-order valence-electron chi connectivity index (χ4n) is 3.15. The molecule has 0 aliphatic rings. The molecule has 3 aromatic rings. The molecule has 4 N–H and O–H groups in total. The van der Waals surface area contributed by atoms with Crippen molar-refractivity contribution >= 4 is 5.69 Å². The van der Waals surface area contributed by atoms with Crippen LogP contribution < -0.4 is 20.9 Å². The second-order valence-corrected chi connectivity index (χ2v) is 7.60. The zero-order chi connectivity index (χ0) is 22.3. The molecular formula is C27H28N2O2. The number of nitrogens with two attached hydrogens (primary N) is 2. The molecule has 0 amide bonds. The van der Waals surface area contributed by atoms with Crippen LogP contribution in [0.15, 0.2) is 110 Å². The molecule has 0 aliphatic carbocycles. The van der Waals surface area contributed by atoms with Gasteiger partial charge in [-0.25, -0.2) is 0 Å². The fraction of sp³-hybridized carbons (Fsp3) is 0.111. The predicted molar refractivity (Wildman–Crippen MR) is 128 cm³/mol. The fourth-order valence-corrected chi connectivity index (χ4v) is 3.15. The van der Waals surface area contributed by atoms with Gasteiger partial charge in [-0.2, -0.15) is 0 Å². The van der Waals surface area contributed by atoms with Crippen LogP contribution in [0.1, 0.15) is 25.0 Å². The Labute approximate surface area is 184 Å². The lowest BCUT2D eigenvalue weighted by molar-refractivity contribution is 0.444. The third-order valence-corrected chi connectivity index (χ3v) is 5.08. The summed E-state index contributed by atoms with van der Waals surface area (Å²) in [5.74, 6) is 2.91. The Morgan fingerprint density at radius 1 is 0.806 bits per heavy atom. The first kappa shape index (κ1) is 21.8. The van der Waals surface area contributed by atoms with E-state index < -0.39 is 0 Å². The van der Waals surface area contributed by atoms with Crippen molar-refractivity contribution in [3.8, 4) is 17.2 Å². The van der Waals surface area contributed by atoms with Crippen LogP contribution in [0.2, 0.25) is 0 Å². The molecule has 3 aromatic carbocycles. The average molecular weight is 413 g/mol. The summed E-state index contributed by atoms with van der Waals surface area (Å²) in [5.41, 5.74) is 14.0. The van der Waals surface area contributed by atoms with E-state index in [9.17, 15) is 0 Å². The molecule has 0 radical (unpaired) electrons. The van der Waals surface area contributed by atoms with Gasteiger partial charge in [0.1, 0.15) is 23.0 Å². The highest BCUT2D eigenvalue weighted by molar-refractivity contribution is 5.45. The summed E-state index contributed by atoms with van der Waals surface area (Å²) in [5, 5.41) is 0. The minimum Gasteiger partial charge on any atom is -0.457 e. The standard InChI is InChI=1S/C27H28N2O2/c1-4-23(6-5-19-28)30-24-13-7-20(8-14-24)27(2,3)21-9-15-25(16-10-21)31-26-17-11-22(29)12-18-26/h4-19H,1,28-29H2,2-3H3/b19-5+,23-6+. The van der Waals surface area contributed by atoms with Gasteiger partial charge in [0.15, 0.2) is 0 Å². The lowest BCUT2D eigenvalue weighted by Gasteiger charge is -2.26. The van der Waals surface area contributed by atoms with Gasteiger partial charge in [-0.05, 0) is 84.1 Å². The minimum atomic E-state index is -0.183. The topological polar surface area (TPSA) is 70.5 Å². The van der Waals surface area contributed by atoms with Gasteiger partial charge in [-0.15, -0.1) is 0 Å². The predicted octanol–water partition coefficient (Wildman–Crippen LogP) is 6.31. The summed E-state index contributed by atoms with van der Waals surface area (Å²) in [6.07, 6.45) is 6.56. The molecule has 0 unspecified atom stereocenters. The number of nitrogen functional groups attached to an aromatic ring is 1. The van der Waals surface area contributed by atoms with E-state index in [1.807, 2.05) is 48.5 Å². The summed E-state index contributed by atoms with van der Waals surface area (Å²) >= 11 is 0. The summed E-state index contributed by atoms with van der Waals surface area (Å²) in [6.45, 7) is 8.15. The molecule has 0 aliphatic heterocycles. The molecule has 0 saturated carbocycles. The van der Waals surface area contributed by atoms with Gasteiger partial charge >= 0.3 is 0 Å². The van der Waals surface area contributed by atoms with Crippen molar-refractivity contribution in [1.82, 2.24) is 0 Å². The summed E-state index contributed by atoms with van der Waals surface area (Å²) in [6, 6.07) is 23.6. The van der Waals surface area contributed by atoms with E-state index >= 15 is 0 Å². The van der Waals surface area contributed by atoms with Gasteiger partial charge in [-0.1, -0.05) is 44.7 Å². The van der Waals surface area contributed by atoms with E-state index in [-0.39, 0.29) is 5.41 Å². The minimum absolute atomic E-state index is 0.183.